The first-order chi connectivity index (χ1) is 11.4. The molecule has 1 saturated carbocycles. The Kier molecular flexibility index (Phi) is 4.60. The fourth-order valence-electron chi connectivity index (χ4n) is 2.99. The standard InChI is InChI=1S/C19H20F2N2O/c1-19(20,21)15-10-11-22-17(12-15)13-6-8-14(9-7-13)18(24)23-16-4-2-3-5-16/h6-12,16H,2-5H2,1H3,(H,23,24). The van der Waals surface area contributed by atoms with E-state index in [0.29, 0.717) is 16.8 Å². The first kappa shape index (κ1) is 16.6. The lowest BCUT2D eigenvalue weighted by Crippen LogP contribution is -2.32. The van der Waals surface area contributed by atoms with Gasteiger partial charge in [0.15, 0.2) is 0 Å². The minimum atomic E-state index is -2.90. The monoisotopic (exact) mass is 330 g/mol. The highest BCUT2D eigenvalue weighted by Crippen LogP contribution is 2.29. The van der Waals surface area contributed by atoms with Gasteiger partial charge >= 0.3 is 0 Å². The summed E-state index contributed by atoms with van der Waals surface area (Å²) in [4.78, 5) is 16.4. The van der Waals surface area contributed by atoms with Gasteiger partial charge < -0.3 is 5.32 Å². The Balaban J connectivity index is 1.75. The van der Waals surface area contributed by atoms with Gasteiger partial charge in [-0.2, -0.15) is 0 Å². The number of carbonyl (C=O) groups excluding carboxylic acids is 1. The van der Waals surface area contributed by atoms with E-state index in [0.717, 1.165) is 32.6 Å². The van der Waals surface area contributed by atoms with Crippen molar-refractivity contribution >= 4 is 5.91 Å². The van der Waals surface area contributed by atoms with Gasteiger partial charge in [-0.3, -0.25) is 9.78 Å². The predicted molar refractivity (Wildman–Crippen MR) is 89.0 cm³/mol. The van der Waals surface area contributed by atoms with Crippen molar-refractivity contribution in [3.8, 4) is 11.3 Å². The van der Waals surface area contributed by atoms with Crippen LogP contribution in [0.1, 0.15) is 48.5 Å². The summed E-state index contributed by atoms with van der Waals surface area (Å²) in [7, 11) is 0. The summed E-state index contributed by atoms with van der Waals surface area (Å²) in [5.74, 6) is -2.99. The van der Waals surface area contributed by atoms with Gasteiger partial charge in [0.25, 0.3) is 11.8 Å². The van der Waals surface area contributed by atoms with E-state index in [1.165, 1.54) is 18.3 Å². The van der Waals surface area contributed by atoms with Gasteiger partial charge in [-0.05, 0) is 37.1 Å². The second-order valence-corrected chi connectivity index (χ2v) is 6.35. The van der Waals surface area contributed by atoms with E-state index in [9.17, 15) is 13.6 Å². The number of pyridine rings is 1. The molecule has 1 amide bonds. The third-order valence-corrected chi connectivity index (χ3v) is 4.40. The van der Waals surface area contributed by atoms with Crippen LogP contribution < -0.4 is 5.32 Å². The number of nitrogens with zero attached hydrogens (tertiary/aromatic N) is 1. The Morgan fingerprint density at radius 2 is 1.83 bits per heavy atom. The van der Waals surface area contributed by atoms with Crippen LogP contribution in [0, 0.1) is 0 Å². The minimum Gasteiger partial charge on any atom is -0.349 e. The normalized spacial score (nSPS) is 15.5. The lowest BCUT2D eigenvalue weighted by atomic mass is 10.0. The van der Waals surface area contributed by atoms with Crippen molar-refractivity contribution in [3.05, 3.63) is 53.7 Å². The number of hydrogen-bond donors (Lipinski definition) is 1. The molecule has 1 heterocycles. The fraction of sp³-hybridized carbons (Fsp3) is 0.368. The third kappa shape index (κ3) is 3.78. The van der Waals surface area contributed by atoms with Crippen molar-refractivity contribution < 1.29 is 13.6 Å². The number of rotatable bonds is 4. The van der Waals surface area contributed by atoms with E-state index in [-0.39, 0.29) is 17.5 Å². The molecule has 3 rings (SSSR count). The largest absolute Gasteiger partial charge is 0.349 e. The Morgan fingerprint density at radius 1 is 1.17 bits per heavy atom. The number of hydrogen-bond acceptors (Lipinski definition) is 2. The molecule has 2 aromatic rings. The zero-order valence-electron chi connectivity index (χ0n) is 13.6. The topological polar surface area (TPSA) is 42.0 Å². The average Bonchev–Trinajstić information content (AvgIpc) is 3.07. The minimum absolute atomic E-state index is 0.0736. The van der Waals surface area contributed by atoms with Crippen LogP contribution in [0.5, 0.6) is 0 Å². The maximum atomic E-state index is 13.4. The summed E-state index contributed by atoms with van der Waals surface area (Å²) in [6, 6.07) is 9.85. The van der Waals surface area contributed by atoms with Crippen LogP contribution in [0.2, 0.25) is 0 Å². The van der Waals surface area contributed by atoms with E-state index in [1.54, 1.807) is 24.3 Å². The van der Waals surface area contributed by atoms with Crippen LogP contribution in [-0.2, 0) is 5.92 Å². The summed E-state index contributed by atoms with van der Waals surface area (Å²) >= 11 is 0. The van der Waals surface area contributed by atoms with E-state index in [2.05, 4.69) is 10.3 Å². The molecule has 0 unspecified atom stereocenters. The highest BCUT2D eigenvalue weighted by atomic mass is 19.3. The predicted octanol–water partition coefficient (Wildman–Crippen LogP) is 4.53. The molecule has 0 radical (unpaired) electrons. The molecular formula is C19H20F2N2O. The number of alkyl halides is 2. The summed E-state index contributed by atoms with van der Waals surface area (Å²) < 4.78 is 26.9. The summed E-state index contributed by atoms with van der Waals surface area (Å²) in [5, 5.41) is 3.03. The van der Waals surface area contributed by atoms with Crippen molar-refractivity contribution in [2.75, 3.05) is 0 Å². The molecule has 126 valence electrons. The van der Waals surface area contributed by atoms with Crippen LogP contribution in [0.15, 0.2) is 42.6 Å². The van der Waals surface area contributed by atoms with Gasteiger partial charge in [0.1, 0.15) is 0 Å². The average molecular weight is 330 g/mol. The molecule has 0 bridgehead atoms. The van der Waals surface area contributed by atoms with Gasteiger partial charge in [-0.1, -0.05) is 25.0 Å². The highest BCUT2D eigenvalue weighted by molar-refractivity contribution is 5.94. The molecule has 1 aromatic carbocycles. The van der Waals surface area contributed by atoms with E-state index < -0.39 is 5.92 Å². The van der Waals surface area contributed by atoms with Crippen LogP contribution in [0.4, 0.5) is 8.78 Å². The van der Waals surface area contributed by atoms with Crippen LogP contribution in [0.3, 0.4) is 0 Å². The third-order valence-electron chi connectivity index (χ3n) is 4.40. The molecule has 1 aliphatic rings. The zero-order chi connectivity index (χ0) is 17.2. The van der Waals surface area contributed by atoms with E-state index in [4.69, 9.17) is 0 Å². The molecule has 1 aromatic heterocycles. The Bertz CT molecular complexity index is 717. The van der Waals surface area contributed by atoms with Crippen LogP contribution >= 0.6 is 0 Å². The smallest absolute Gasteiger partial charge is 0.270 e. The number of halogens is 2. The van der Waals surface area contributed by atoms with Gasteiger partial charge in [-0.25, -0.2) is 8.78 Å². The molecule has 0 aliphatic heterocycles. The Morgan fingerprint density at radius 3 is 2.46 bits per heavy atom. The first-order valence-corrected chi connectivity index (χ1v) is 8.19. The SMILES string of the molecule is CC(F)(F)c1ccnc(-c2ccc(C(=O)NC3CCCC3)cc2)c1. The molecule has 1 N–H and O–H groups in total. The molecule has 1 fully saturated rings. The quantitative estimate of drug-likeness (QED) is 0.895. The molecule has 5 heteroatoms. The number of amides is 1. The molecule has 24 heavy (non-hydrogen) atoms. The Labute approximate surface area is 140 Å². The second-order valence-electron chi connectivity index (χ2n) is 6.35. The van der Waals surface area contributed by atoms with Crippen molar-refractivity contribution in [1.82, 2.24) is 10.3 Å². The van der Waals surface area contributed by atoms with Gasteiger partial charge in [0.05, 0.1) is 5.69 Å². The molecule has 1 aliphatic carbocycles. The van der Waals surface area contributed by atoms with Gasteiger partial charge in [0.2, 0.25) is 0 Å². The number of aromatic nitrogens is 1. The van der Waals surface area contributed by atoms with E-state index >= 15 is 0 Å². The van der Waals surface area contributed by atoms with Crippen molar-refractivity contribution in [2.45, 2.75) is 44.6 Å². The molecule has 3 nitrogen and oxygen atoms in total. The first-order valence-electron chi connectivity index (χ1n) is 8.19. The summed E-state index contributed by atoms with van der Waals surface area (Å²) in [5.41, 5.74) is 1.67. The molecular weight excluding hydrogens is 310 g/mol. The van der Waals surface area contributed by atoms with Gasteiger partial charge in [-0.15, -0.1) is 0 Å². The zero-order valence-corrected chi connectivity index (χ0v) is 13.6. The van der Waals surface area contributed by atoms with E-state index in [1.807, 2.05) is 0 Å². The maximum absolute atomic E-state index is 13.4. The van der Waals surface area contributed by atoms with Crippen molar-refractivity contribution in [1.29, 1.82) is 0 Å². The summed E-state index contributed by atoms with van der Waals surface area (Å²) in [6.07, 6.45) is 5.77. The Hall–Kier alpha value is -2.30. The van der Waals surface area contributed by atoms with Crippen molar-refractivity contribution in [3.63, 3.8) is 0 Å². The highest BCUT2D eigenvalue weighted by Gasteiger charge is 2.24. The fourth-order valence-corrected chi connectivity index (χ4v) is 2.99. The molecule has 0 atom stereocenters. The second kappa shape index (κ2) is 6.67. The van der Waals surface area contributed by atoms with Crippen LogP contribution in [0.25, 0.3) is 11.3 Å². The number of nitrogens with one attached hydrogen (secondary N) is 1. The lowest BCUT2D eigenvalue weighted by molar-refractivity contribution is 0.0174. The summed E-state index contributed by atoms with van der Waals surface area (Å²) in [6.45, 7) is 0.864. The van der Waals surface area contributed by atoms with Gasteiger partial charge in [0, 0.05) is 35.9 Å². The molecule has 0 saturated heterocycles. The maximum Gasteiger partial charge on any atom is 0.270 e. The lowest BCUT2D eigenvalue weighted by Gasteiger charge is -2.13. The van der Waals surface area contributed by atoms with Crippen molar-refractivity contribution in [2.24, 2.45) is 0 Å². The number of benzene rings is 1. The number of carbonyl (C=O) groups is 1. The molecule has 0 spiro atoms. The van der Waals surface area contributed by atoms with Crippen LogP contribution in [-0.4, -0.2) is 16.9 Å².